The Labute approximate surface area is 115 Å². The number of aliphatic imine (C=N–C) groups is 1. The summed E-state index contributed by atoms with van der Waals surface area (Å²) in [7, 11) is 0. The predicted molar refractivity (Wildman–Crippen MR) is 72.2 cm³/mol. The molecule has 0 spiro atoms. The number of nitrogens with zero attached hydrogens (tertiary/aromatic N) is 1. The van der Waals surface area contributed by atoms with Crippen molar-refractivity contribution in [2.75, 3.05) is 11.5 Å². The quantitative estimate of drug-likeness (QED) is 0.628. The lowest BCUT2D eigenvalue weighted by molar-refractivity contribution is 0.240. The standard InChI is InChI=1S/C13H12ClNO2S/c14-11-5-9(13(3-4-13)15-8-16)1-2-12(11)17-10-6-18-7-10/h1-2,5,10H,3-4,6-7H2. The fourth-order valence-corrected chi connectivity index (χ4v) is 2.81. The molecule has 18 heavy (non-hydrogen) atoms. The van der Waals surface area contributed by atoms with Crippen LogP contribution < -0.4 is 4.74 Å². The molecule has 5 heteroatoms. The number of thioether (sulfide) groups is 1. The second-order valence-corrected chi connectivity index (χ2v) is 6.14. The van der Waals surface area contributed by atoms with E-state index in [1.54, 1.807) is 6.08 Å². The van der Waals surface area contributed by atoms with Crippen LogP contribution in [0.4, 0.5) is 0 Å². The zero-order valence-electron chi connectivity index (χ0n) is 9.69. The molecule has 1 aliphatic carbocycles. The van der Waals surface area contributed by atoms with Gasteiger partial charge in [-0.1, -0.05) is 17.7 Å². The van der Waals surface area contributed by atoms with Crippen molar-refractivity contribution in [1.29, 1.82) is 0 Å². The highest BCUT2D eigenvalue weighted by atomic mass is 35.5. The lowest BCUT2D eigenvalue weighted by Crippen LogP contribution is -2.31. The number of ether oxygens (including phenoxy) is 1. The summed E-state index contributed by atoms with van der Waals surface area (Å²) < 4.78 is 5.77. The summed E-state index contributed by atoms with van der Waals surface area (Å²) in [5.41, 5.74) is 0.613. The summed E-state index contributed by atoms with van der Waals surface area (Å²) in [6, 6.07) is 5.68. The molecule has 0 aromatic heterocycles. The molecule has 1 heterocycles. The van der Waals surface area contributed by atoms with Crippen molar-refractivity contribution in [2.24, 2.45) is 4.99 Å². The van der Waals surface area contributed by atoms with E-state index < -0.39 is 0 Å². The average molecular weight is 282 g/mol. The summed E-state index contributed by atoms with van der Waals surface area (Å²) in [5.74, 6) is 2.77. The normalized spacial score (nSPS) is 20.7. The lowest BCUT2D eigenvalue weighted by Gasteiger charge is -2.26. The summed E-state index contributed by atoms with van der Waals surface area (Å²) in [6.45, 7) is 0. The van der Waals surface area contributed by atoms with Gasteiger partial charge in [0.15, 0.2) is 0 Å². The molecule has 1 aromatic carbocycles. The van der Waals surface area contributed by atoms with Crippen LogP contribution >= 0.6 is 23.4 Å². The molecule has 2 aliphatic rings. The van der Waals surface area contributed by atoms with Crippen molar-refractivity contribution in [3.8, 4) is 5.75 Å². The van der Waals surface area contributed by atoms with Gasteiger partial charge in [-0.15, -0.1) is 0 Å². The van der Waals surface area contributed by atoms with Crippen LogP contribution in [0.15, 0.2) is 23.2 Å². The Morgan fingerprint density at radius 3 is 2.72 bits per heavy atom. The molecule has 0 unspecified atom stereocenters. The number of rotatable bonds is 4. The zero-order chi connectivity index (χ0) is 12.6. The van der Waals surface area contributed by atoms with Gasteiger partial charge in [-0.05, 0) is 30.5 Å². The topological polar surface area (TPSA) is 38.7 Å². The van der Waals surface area contributed by atoms with Gasteiger partial charge < -0.3 is 4.74 Å². The first-order valence-electron chi connectivity index (χ1n) is 5.87. The molecule has 94 valence electrons. The Kier molecular flexibility index (Phi) is 3.10. The number of hydrogen-bond acceptors (Lipinski definition) is 4. The van der Waals surface area contributed by atoms with Gasteiger partial charge in [0.05, 0.1) is 10.6 Å². The van der Waals surface area contributed by atoms with E-state index in [4.69, 9.17) is 16.3 Å². The highest BCUT2D eigenvalue weighted by Gasteiger charge is 2.45. The molecule has 2 fully saturated rings. The van der Waals surface area contributed by atoms with Gasteiger partial charge in [-0.25, -0.2) is 4.79 Å². The predicted octanol–water partition coefficient (Wildman–Crippen LogP) is 3.16. The van der Waals surface area contributed by atoms with Gasteiger partial charge >= 0.3 is 0 Å². The summed E-state index contributed by atoms with van der Waals surface area (Å²) in [5, 5.41) is 0.594. The van der Waals surface area contributed by atoms with Crippen LogP contribution in [0.1, 0.15) is 18.4 Å². The first-order valence-corrected chi connectivity index (χ1v) is 7.40. The Balaban J connectivity index is 1.82. The molecule has 0 atom stereocenters. The number of isocyanates is 1. The van der Waals surface area contributed by atoms with Gasteiger partial charge in [0.2, 0.25) is 6.08 Å². The SMILES string of the molecule is O=C=NC1(c2ccc(OC3CSC3)c(Cl)c2)CC1. The van der Waals surface area contributed by atoms with Crippen LogP contribution in [0.2, 0.25) is 5.02 Å². The van der Waals surface area contributed by atoms with E-state index >= 15 is 0 Å². The van der Waals surface area contributed by atoms with Gasteiger partial charge in [0.1, 0.15) is 11.9 Å². The van der Waals surface area contributed by atoms with Crippen molar-refractivity contribution in [3.63, 3.8) is 0 Å². The summed E-state index contributed by atoms with van der Waals surface area (Å²) >= 11 is 8.08. The van der Waals surface area contributed by atoms with Crippen LogP contribution in [-0.4, -0.2) is 23.7 Å². The van der Waals surface area contributed by atoms with Crippen molar-refractivity contribution in [3.05, 3.63) is 28.8 Å². The van der Waals surface area contributed by atoms with Crippen molar-refractivity contribution >= 4 is 29.4 Å². The van der Waals surface area contributed by atoms with Gasteiger partial charge in [-0.2, -0.15) is 16.8 Å². The molecule has 0 radical (unpaired) electrons. The Bertz CT molecular complexity index is 520. The highest BCUT2D eigenvalue weighted by molar-refractivity contribution is 8.00. The second-order valence-electron chi connectivity index (χ2n) is 4.66. The van der Waals surface area contributed by atoms with Gasteiger partial charge in [-0.3, -0.25) is 0 Å². The number of carbonyl (C=O) groups excluding carboxylic acids is 1. The Morgan fingerprint density at radius 1 is 1.44 bits per heavy atom. The number of halogens is 1. The minimum Gasteiger partial charge on any atom is -0.487 e. The van der Waals surface area contributed by atoms with Gasteiger partial charge in [0, 0.05) is 11.5 Å². The number of hydrogen-bond donors (Lipinski definition) is 0. The third kappa shape index (κ3) is 2.16. The van der Waals surface area contributed by atoms with Crippen molar-refractivity contribution in [2.45, 2.75) is 24.5 Å². The molecule has 3 nitrogen and oxygen atoms in total. The number of benzene rings is 1. The van der Waals surface area contributed by atoms with Crippen LogP contribution in [-0.2, 0) is 10.3 Å². The summed E-state index contributed by atoms with van der Waals surface area (Å²) in [6.07, 6.45) is 3.70. The van der Waals surface area contributed by atoms with E-state index in [9.17, 15) is 4.79 Å². The van der Waals surface area contributed by atoms with E-state index in [0.29, 0.717) is 5.02 Å². The van der Waals surface area contributed by atoms with E-state index in [1.807, 2.05) is 30.0 Å². The minimum atomic E-state index is -0.365. The van der Waals surface area contributed by atoms with Crippen molar-refractivity contribution < 1.29 is 9.53 Å². The fraction of sp³-hybridized carbons (Fsp3) is 0.462. The molecular weight excluding hydrogens is 270 g/mol. The van der Waals surface area contributed by atoms with Crippen LogP contribution in [0.5, 0.6) is 5.75 Å². The second kappa shape index (κ2) is 4.61. The summed E-state index contributed by atoms with van der Waals surface area (Å²) in [4.78, 5) is 14.3. The maximum absolute atomic E-state index is 10.4. The van der Waals surface area contributed by atoms with E-state index in [2.05, 4.69) is 4.99 Å². The maximum Gasteiger partial charge on any atom is 0.235 e. The van der Waals surface area contributed by atoms with Crippen LogP contribution in [0, 0.1) is 0 Å². The first kappa shape index (κ1) is 12.1. The van der Waals surface area contributed by atoms with Crippen LogP contribution in [0.25, 0.3) is 0 Å². The molecular formula is C13H12ClNO2S. The average Bonchev–Trinajstić information content (AvgIpc) is 3.06. The first-order chi connectivity index (χ1) is 8.73. The molecule has 3 rings (SSSR count). The molecule has 1 aliphatic heterocycles. The van der Waals surface area contributed by atoms with E-state index in [0.717, 1.165) is 35.7 Å². The maximum atomic E-state index is 10.4. The largest absolute Gasteiger partial charge is 0.487 e. The minimum absolute atomic E-state index is 0.279. The smallest absolute Gasteiger partial charge is 0.235 e. The Morgan fingerprint density at radius 2 is 2.22 bits per heavy atom. The highest BCUT2D eigenvalue weighted by Crippen LogP contribution is 2.50. The third-order valence-corrected chi connectivity index (χ3v) is 4.86. The molecule has 0 N–H and O–H groups in total. The molecule has 1 saturated heterocycles. The molecule has 1 saturated carbocycles. The zero-order valence-corrected chi connectivity index (χ0v) is 11.3. The molecule has 0 bridgehead atoms. The van der Waals surface area contributed by atoms with E-state index in [-0.39, 0.29) is 11.6 Å². The molecule has 1 aromatic rings. The van der Waals surface area contributed by atoms with Gasteiger partial charge in [0.25, 0.3) is 0 Å². The Hall–Kier alpha value is -0.960. The van der Waals surface area contributed by atoms with Crippen molar-refractivity contribution in [1.82, 2.24) is 0 Å². The molecule has 0 amide bonds. The monoisotopic (exact) mass is 281 g/mol. The van der Waals surface area contributed by atoms with E-state index in [1.165, 1.54) is 0 Å². The third-order valence-electron chi connectivity index (χ3n) is 3.35. The fourth-order valence-electron chi connectivity index (χ4n) is 2.02. The lowest BCUT2D eigenvalue weighted by atomic mass is 10.1. The van der Waals surface area contributed by atoms with Crippen LogP contribution in [0.3, 0.4) is 0 Å².